The summed E-state index contributed by atoms with van der Waals surface area (Å²) in [5.41, 5.74) is 7.40. The maximum absolute atomic E-state index is 12.1. The van der Waals surface area contributed by atoms with E-state index in [-0.39, 0.29) is 18.0 Å². The molecule has 1 heterocycles. The van der Waals surface area contributed by atoms with Crippen molar-refractivity contribution < 1.29 is 14.7 Å². The molecule has 0 aromatic heterocycles. The largest absolute Gasteiger partial charge is 0.478 e. The van der Waals surface area contributed by atoms with Crippen LogP contribution in [0.5, 0.6) is 0 Å². The van der Waals surface area contributed by atoms with Crippen molar-refractivity contribution in [3.8, 4) is 0 Å². The first-order valence-corrected chi connectivity index (χ1v) is 5.98. The molecule has 6 heteroatoms. The number of carboxylic acid groups (broad SMARTS) is 1. The second-order valence-corrected chi connectivity index (χ2v) is 4.91. The summed E-state index contributed by atoms with van der Waals surface area (Å²) < 4.78 is 0.795. The Morgan fingerprint density at radius 2 is 2.22 bits per heavy atom. The number of nitrogens with zero attached hydrogens (tertiary/aromatic N) is 1. The third kappa shape index (κ3) is 1.99. The lowest BCUT2D eigenvalue weighted by atomic mass is 10.1. The van der Waals surface area contributed by atoms with Gasteiger partial charge in [0.2, 0.25) is 0 Å². The van der Waals surface area contributed by atoms with Crippen LogP contribution in [0.15, 0.2) is 28.8 Å². The number of amides is 1. The lowest BCUT2D eigenvalue weighted by Crippen LogP contribution is -2.28. The van der Waals surface area contributed by atoms with Crippen molar-refractivity contribution in [2.75, 3.05) is 12.3 Å². The maximum atomic E-state index is 12.1. The van der Waals surface area contributed by atoms with Crippen LogP contribution in [-0.2, 0) is 11.3 Å². The Labute approximate surface area is 112 Å². The van der Waals surface area contributed by atoms with Gasteiger partial charge in [0.05, 0.1) is 12.1 Å². The SMILES string of the molecule is C=C(CN1Cc2c(Br)ccc(N)c2C1=O)C(=O)O. The first-order chi connectivity index (χ1) is 8.41. The Bertz CT molecular complexity index is 569. The van der Waals surface area contributed by atoms with Crippen LogP contribution >= 0.6 is 15.9 Å². The lowest BCUT2D eigenvalue weighted by molar-refractivity contribution is -0.132. The van der Waals surface area contributed by atoms with Gasteiger partial charge in [-0.15, -0.1) is 0 Å². The molecule has 5 nitrogen and oxygen atoms in total. The maximum Gasteiger partial charge on any atom is 0.332 e. The van der Waals surface area contributed by atoms with E-state index in [4.69, 9.17) is 10.8 Å². The van der Waals surface area contributed by atoms with E-state index in [2.05, 4.69) is 22.5 Å². The molecule has 0 atom stereocenters. The van der Waals surface area contributed by atoms with Crippen molar-refractivity contribution in [2.24, 2.45) is 0 Å². The number of halogens is 1. The highest BCUT2D eigenvalue weighted by atomic mass is 79.9. The van der Waals surface area contributed by atoms with Crippen molar-refractivity contribution in [1.29, 1.82) is 0 Å². The summed E-state index contributed by atoms with van der Waals surface area (Å²) in [6.07, 6.45) is 0. The average Bonchev–Trinajstić information content (AvgIpc) is 2.63. The van der Waals surface area contributed by atoms with E-state index in [0.717, 1.165) is 10.0 Å². The molecule has 0 fully saturated rings. The predicted molar refractivity (Wildman–Crippen MR) is 70.1 cm³/mol. The van der Waals surface area contributed by atoms with Gasteiger partial charge in [-0.1, -0.05) is 22.5 Å². The number of carbonyl (C=O) groups is 2. The molecule has 1 amide bonds. The number of hydrogen-bond acceptors (Lipinski definition) is 3. The third-order valence-corrected chi connectivity index (χ3v) is 3.57. The molecule has 0 radical (unpaired) electrons. The summed E-state index contributed by atoms with van der Waals surface area (Å²) in [4.78, 5) is 24.3. The smallest absolute Gasteiger partial charge is 0.332 e. The molecule has 3 N–H and O–H groups in total. The average molecular weight is 311 g/mol. The second kappa shape index (κ2) is 4.45. The van der Waals surface area contributed by atoms with Gasteiger partial charge in [0.1, 0.15) is 0 Å². The molecule has 0 unspecified atom stereocenters. The molecule has 0 saturated carbocycles. The molecule has 1 aliphatic heterocycles. The minimum Gasteiger partial charge on any atom is -0.478 e. The molecule has 18 heavy (non-hydrogen) atoms. The minimum absolute atomic E-state index is 0.00523. The Morgan fingerprint density at radius 3 is 2.78 bits per heavy atom. The first kappa shape index (κ1) is 12.6. The van der Waals surface area contributed by atoms with E-state index in [9.17, 15) is 9.59 Å². The van der Waals surface area contributed by atoms with Gasteiger partial charge in [0.15, 0.2) is 0 Å². The van der Waals surface area contributed by atoms with Crippen molar-refractivity contribution in [1.82, 2.24) is 4.90 Å². The fourth-order valence-corrected chi connectivity index (χ4v) is 2.35. The number of hydrogen-bond donors (Lipinski definition) is 2. The monoisotopic (exact) mass is 310 g/mol. The normalized spacial score (nSPS) is 13.6. The standard InChI is InChI=1S/C12H11BrN2O3/c1-6(12(17)18)4-15-5-7-8(13)2-3-9(14)10(7)11(15)16/h2-3H,1,4-5,14H2,(H,17,18). The summed E-state index contributed by atoms with van der Waals surface area (Å²) in [5, 5.41) is 8.78. The quantitative estimate of drug-likeness (QED) is 0.656. The number of anilines is 1. The molecule has 0 bridgehead atoms. The molecule has 94 valence electrons. The zero-order valence-corrected chi connectivity index (χ0v) is 11.0. The summed E-state index contributed by atoms with van der Waals surface area (Å²) >= 11 is 3.36. The Hall–Kier alpha value is -1.82. The number of nitrogen functional groups attached to an aromatic ring is 1. The van der Waals surface area contributed by atoms with Crippen LogP contribution in [0.4, 0.5) is 5.69 Å². The van der Waals surface area contributed by atoms with Crippen LogP contribution in [0.3, 0.4) is 0 Å². The van der Waals surface area contributed by atoms with Crippen molar-refractivity contribution >= 4 is 33.5 Å². The van der Waals surface area contributed by atoms with Crippen LogP contribution < -0.4 is 5.73 Å². The van der Waals surface area contributed by atoms with Gasteiger partial charge in [-0.25, -0.2) is 4.79 Å². The van der Waals surface area contributed by atoms with Crippen LogP contribution in [-0.4, -0.2) is 28.4 Å². The van der Waals surface area contributed by atoms with E-state index >= 15 is 0 Å². The highest BCUT2D eigenvalue weighted by Gasteiger charge is 2.31. The van der Waals surface area contributed by atoms with Gasteiger partial charge in [-0.05, 0) is 12.1 Å². The van der Waals surface area contributed by atoms with Gasteiger partial charge < -0.3 is 15.7 Å². The third-order valence-electron chi connectivity index (χ3n) is 2.82. The molecular formula is C12H11BrN2O3. The number of fused-ring (bicyclic) bond motifs is 1. The molecule has 2 rings (SSSR count). The fourth-order valence-electron chi connectivity index (χ4n) is 1.89. The lowest BCUT2D eigenvalue weighted by Gasteiger charge is -2.15. The van der Waals surface area contributed by atoms with Crippen LogP contribution in [0, 0.1) is 0 Å². The highest BCUT2D eigenvalue weighted by Crippen LogP contribution is 2.33. The molecular weight excluding hydrogens is 300 g/mol. The topological polar surface area (TPSA) is 83.6 Å². The predicted octanol–water partition coefficient (Wildman–Crippen LogP) is 1.63. The molecule has 0 spiro atoms. The minimum atomic E-state index is -1.11. The van der Waals surface area contributed by atoms with Crippen molar-refractivity contribution in [2.45, 2.75) is 6.54 Å². The number of benzene rings is 1. The Kier molecular flexibility index (Phi) is 3.13. The molecule has 1 aromatic rings. The van der Waals surface area contributed by atoms with Crippen molar-refractivity contribution in [3.63, 3.8) is 0 Å². The number of carbonyl (C=O) groups excluding carboxylic acids is 1. The van der Waals surface area contributed by atoms with Crippen LogP contribution in [0.2, 0.25) is 0 Å². The summed E-state index contributed by atoms with van der Waals surface area (Å²) in [6, 6.07) is 3.42. The van der Waals surface area contributed by atoms with Gasteiger partial charge in [-0.2, -0.15) is 0 Å². The fraction of sp³-hybridized carbons (Fsp3) is 0.167. The van der Waals surface area contributed by atoms with Gasteiger partial charge >= 0.3 is 5.97 Å². The first-order valence-electron chi connectivity index (χ1n) is 5.19. The second-order valence-electron chi connectivity index (χ2n) is 4.06. The Morgan fingerprint density at radius 1 is 1.56 bits per heavy atom. The number of nitrogens with two attached hydrogens (primary N) is 1. The van der Waals surface area contributed by atoms with E-state index in [0.29, 0.717) is 17.8 Å². The number of rotatable bonds is 3. The molecule has 0 aliphatic carbocycles. The van der Waals surface area contributed by atoms with Gasteiger partial charge in [-0.3, -0.25) is 4.79 Å². The Balaban J connectivity index is 2.31. The van der Waals surface area contributed by atoms with E-state index in [1.54, 1.807) is 12.1 Å². The van der Waals surface area contributed by atoms with Gasteiger partial charge in [0.25, 0.3) is 5.91 Å². The zero-order chi connectivity index (χ0) is 13.4. The summed E-state index contributed by atoms with van der Waals surface area (Å²) in [5.74, 6) is -1.36. The summed E-state index contributed by atoms with van der Waals surface area (Å²) in [6.45, 7) is 3.76. The van der Waals surface area contributed by atoms with Gasteiger partial charge in [0, 0.05) is 27.8 Å². The van der Waals surface area contributed by atoms with Crippen molar-refractivity contribution in [3.05, 3.63) is 39.9 Å². The van der Waals surface area contributed by atoms with Crippen LogP contribution in [0.25, 0.3) is 0 Å². The molecule has 0 saturated heterocycles. The molecule has 1 aromatic carbocycles. The number of carboxylic acids is 1. The number of aliphatic carboxylic acids is 1. The van der Waals surface area contributed by atoms with E-state index < -0.39 is 5.97 Å². The van der Waals surface area contributed by atoms with Crippen LogP contribution in [0.1, 0.15) is 15.9 Å². The van der Waals surface area contributed by atoms with E-state index in [1.807, 2.05) is 0 Å². The van der Waals surface area contributed by atoms with E-state index in [1.165, 1.54) is 4.90 Å². The summed E-state index contributed by atoms with van der Waals surface area (Å²) in [7, 11) is 0. The highest BCUT2D eigenvalue weighted by molar-refractivity contribution is 9.10. The zero-order valence-electron chi connectivity index (χ0n) is 9.44. The molecule has 1 aliphatic rings.